The van der Waals surface area contributed by atoms with Crippen LogP contribution in [0.3, 0.4) is 0 Å². The summed E-state index contributed by atoms with van der Waals surface area (Å²) in [5.74, 6) is 0. The van der Waals surface area contributed by atoms with Crippen LogP contribution in [0.1, 0.15) is 5.56 Å². The van der Waals surface area contributed by atoms with Gasteiger partial charge in [0.1, 0.15) is 6.33 Å². The van der Waals surface area contributed by atoms with Gasteiger partial charge in [0.2, 0.25) is 0 Å². The molecule has 0 saturated carbocycles. The number of hydrogen-bond donors (Lipinski definition) is 0. The van der Waals surface area contributed by atoms with Crippen molar-refractivity contribution in [3.05, 3.63) is 33.8 Å². The Bertz CT molecular complexity index is 426. The van der Waals surface area contributed by atoms with E-state index in [2.05, 4.69) is 51.6 Å². The predicted octanol–water partition coefficient (Wildman–Crippen LogP) is 2.54. The standard InChI is InChI=1S/C9H7IN2/c1-6-2-8(10)7-4-11-5-12-9(7)3-6/h2-5H,1H3. The van der Waals surface area contributed by atoms with Gasteiger partial charge in [-0.05, 0) is 47.2 Å². The minimum atomic E-state index is 1.02. The molecule has 0 unspecified atom stereocenters. The Morgan fingerprint density at radius 3 is 3.00 bits per heavy atom. The molecule has 3 heteroatoms. The zero-order valence-corrected chi connectivity index (χ0v) is 8.74. The van der Waals surface area contributed by atoms with Gasteiger partial charge in [-0.25, -0.2) is 9.97 Å². The van der Waals surface area contributed by atoms with Crippen LogP contribution in [0.4, 0.5) is 0 Å². The first-order valence-corrected chi connectivity index (χ1v) is 4.71. The second kappa shape index (κ2) is 2.97. The second-order valence-corrected chi connectivity index (χ2v) is 3.86. The molecule has 0 saturated heterocycles. The number of aromatic nitrogens is 2. The molecule has 1 aromatic carbocycles. The Morgan fingerprint density at radius 2 is 2.17 bits per heavy atom. The first kappa shape index (κ1) is 7.91. The lowest BCUT2D eigenvalue weighted by Gasteiger charge is -1.99. The molecule has 2 nitrogen and oxygen atoms in total. The number of rotatable bonds is 0. The first-order chi connectivity index (χ1) is 5.77. The van der Waals surface area contributed by atoms with Crippen molar-refractivity contribution in [1.29, 1.82) is 0 Å². The van der Waals surface area contributed by atoms with E-state index in [-0.39, 0.29) is 0 Å². The largest absolute Gasteiger partial charge is 0.244 e. The fourth-order valence-electron chi connectivity index (χ4n) is 1.17. The number of aryl methyl sites for hydroxylation is 1. The van der Waals surface area contributed by atoms with E-state index >= 15 is 0 Å². The second-order valence-electron chi connectivity index (χ2n) is 2.70. The van der Waals surface area contributed by atoms with Gasteiger partial charge in [0, 0.05) is 15.2 Å². The summed E-state index contributed by atoms with van der Waals surface area (Å²) in [6.45, 7) is 2.07. The highest BCUT2D eigenvalue weighted by atomic mass is 127. The van der Waals surface area contributed by atoms with Gasteiger partial charge in [0.05, 0.1) is 5.52 Å². The first-order valence-electron chi connectivity index (χ1n) is 3.63. The van der Waals surface area contributed by atoms with Gasteiger partial charge in [-0.2, -0.15) is 0 Å². The molecule has 1 aromatic heterocycles. The van der Waals surface area contributed by atoms with Crippen LogP contribution in [-0.2, 0) is 0 Å². The van der Waals surface area contributed by atoms with Crippen LogP contribution in [-0.4, -0.2) is 9.97 Å². The minimum absolute atomic E-state index is 1.02. The van der Waals surface area contributed by atoms with Gasteiger partial charge < -0.3 is 0 Å². The topological polar surface area (TPSA) is 25.8 Å². The Balaban J connectivity index is 2.89. The van der Waals surface area contributed by atoms with E-state index in [1.807, 2.05) is 6.20 Å². The molecular weight excluding hydrogens is 263 g/mol. The molecule has 0 spiro atoms. The van der Waals surface area contributed by atoms with Crippen LogP contribution >= 0.6 is 22.6 Å². The van der Waals surface area contributed by atoms with E-state index in [0.29, 0.717) is 0 Å². The van der Waals surface area contributed by atoms with Crippen molar-refractivity contribution in [3.8, 4) is 0 Å². The van der Waals surface area contributed by atoms with Crippen LogP contribution in [0.15, 0.2) is 24.7 Å². The third-order valence-electron chi connectivity index (χ3n) is 1.72. The quantitative estimate of drug-likeness (QED) is 0.687. The van der Waals surface area contributed by atoms with E-state index in [0.717, 1.165) is 10.9 Å². The smallest absolute Gasteiger partial charge is 0.116 e. The SMILES string of the molecule is Cc1cc(I)c2cncnc2c1. The van der Waals surface area contributed by atoms with Crippen molar-refractivity contribution in [2.75, 3.05) is 0 Å². The van der Waals surface area contributed by atoms with Crippen molar-refractivity contribution in [2.45, 2.75) is 6.92 Å². The lowest BCUT2D eigenvalue weighted by atomic mass is 10.2. The molecule has 0 aliphatic heterocycles. The Labute approximate surface area is 84.2 Å². The van der Waals surface area contributed by atoms with Gasteiger partial charge in [0.15, 0.2) is 0 Å². The fourth-order valence-corrected chi connectivity index (χ4v) is 2.08. The third kappa shape index (κ3) is 1.29. The van der Waals surface area contributed by atoms with E-state index in [4.69, 9.17) is 0 Å². The summed E-state index contributed by atoms with van der Waals surface area (Å²) in [5.41, 5.74) is 2.26. The summed E-state index contributed by atoms with van der Waals surface area (Å²) in [6, 6.07) is 4.20. The average Bonchev–Trinajstić information content (AvgIpc) is 2.04. The molecular formula is C9H7IN2. The normalized spacial score (nSPS) is 10.5. The average molecular weight is 270 g/mol. The molecule has 0 N–H and O–H groups in total. The summed E-state index contributed by atoms with van der Waals surface area (Å²) in [7, 11) is 0. The molecule has 60 valence electrons. The molecule has 0 amide bonds. The summed E-state index contributed by atoms with van der Waals surface area (Å²) in [6.07, 6.45) is 3.43. The van der Waals surface area contributed by atoms with E-state index in [1.54, 1.807) is 6.33 Å². The minimum Gasteiger partial charge on any atom is -0.244 e. The highest BCUT2D eigenvalue weighted by molar-refractivity contribution is 14.1. The summed E-state index contributed by atoms with van der Waals surface area (Å²) in [4.78, 5) is 8.17. The fraction of sp³-hybridized carbons (Fsp3) is 0.111. The molecule has 12 heavy (non-hydrogen) atoms. The Kier molecular flexibility index (Phi) is 1.96. The molecule has 0 fully saturated rings. The Morgan fingerprint density at radius 1 is 1.33 bits per heavy atom. The van der Waals surface area contributed by atoms with Gasteiger partial charge >= 0.3 is 0 Å². The van der Waals surface area contributed by atoms with Crippen molar-refractivity contribution in [1.82, 2.24) is 9.97 Å². The maximum atomic E-state index is 4.19. The van der Waals surface area contributed by atoms with Crippen molar-refractivity contribution >= 4 is 33.5 Å². The Hall–Kier alpha value is -0.710. The van der Waals surface area contributed by atoms with Crippen LogP contribution in [0.2, 0.25) is 0 Å². The lowest BCUT2D eigenvalue weighted by Crippen LogP contribution is -1.85. The number of nitrogens with zero attached hydrogens (tertiary/aromatic N) is 2. The van der Waals surface area contributed by atoms with Gasteiger partial charge in [0.25, 0.3) is 0 Å². The van der Waals surface area contributed by atoms with Crippen molar-refractivity contribution in [3.63, 3.8) is 0 Å². The monoisotopic (exact) mass is 270 g/mol. The highest BCUT2D eigenvalue weighted by Crippen LogP contribution is 2.19. The summed E-state index contributed by atoms with van der Waals surface area (Å²) >= 11 is 2.30. The molecule has 0 aliphatic carbocycles. The van der Waals surface area contributed by atoms with Gasteiger partial charge in [-0.3, -0.25) is 0 Å². The molecule has 1 heterocycles. The van der Waals surface area contributed by atoms with Crippen LogP contribution in [0.25, 0.3) is 10.9 Å². The molecule has 0 atom stereocenters. The zero-order chi connectivity index (χ0) is 8.55. The van der Waals surface area contributed by atoms with Crippen LogP contribution in [0, 0.1) is 10.5 Å². The maximum Gasteiger partial charge on any atom is 0.116 e. The van der Waals surface area contributed by atoms with Crippen molar-refractivity contribution < 1.29 is 0 Å². The number of hydrogen-bond acceptors (Lipinski definition) is 2. The van der Waals surface area contributed by atoms with Gasteiger partial charge in [-0.1, -0.05) is 0 Å². The van der Waals surface area contributed by atoms with E-state index in [9.17, 15) is 0 Å². The van der Waals surface area contributed by atoms with Crippen LogP contribution < -0.4 is 0 Å². The zero-order valence-electron chi connectivity index (χ0n) is 6.58. The number of benzene rings is 1. The molecule has 2 rings (SSSR count). The molecule has 0 radical (unpaired) electrons. The number of fused-ring (bicyclic) bond motifs is 1. The molecule has 0 bridgehead atoms. The predicted molar refractivity (Wildman–Crippen MR) is 57.0 cm³/mol. The van der Waals surface area contributed by atoms with Crippen LogP contribution in [0.5, 0.6) is 0 Å². The highest BCUT2D eigenvalue weighted by Gasteiger charge is 1.99. The van der Waals surface area contributed by atoms with E-state index < -0.39 is 0 Å². The lowest BCUT2D eigenvalue weighted by molar-refractivity contribution is 1.22. The maximum absolute atomic E-state index is 4.19. The third-order valence-corrected chi connectivity index (χ3v) is 2.61. The number of halogens is 1. The van der Waals surface area contributed by atoms with Crippen molar-refractivity contribution in [2.24, 2.45) is 0 Å². The molecule has 0 aliphatic rings. The summed E-state index contributed by atoms with van der Waals surface area (Å²) in [5, 5.41) is 1.13. The summed E-state index contributed by atoms with van der Waals surface area (Å²) < 4.78 is 1.21. The van der Waals surface area contributed by atoms with E-state index in [1.165, 1.54) is 9.13 Å². The molecule has 2 aromatic rings. The van der Waals surface area contributed by atoms with Gasteiger partial charge in [-0.15, -0.1) is 0 Å².